The summed E-state index contributed by atoms with van der Waals surface area (Å²) in [6, 6.07) is 8.61. The first kappa shape index (κ1) is 13.6. The fourth-order valence-corrected chi connectivity index (χ4v) is 2.23. The van der Waals surface area contributed by atoms with Gasteiger partial charge in [-0.15, -0.1) is 0 Å². The van der Waals surface area contributed by atoms with E-state index in [0.29, 0.717) is 19.0 Å². The first-order chi connectivity index (χ1) is 9.20. The summed E-state index contributed by atoms with van der Waals surface area (Å²) in [6.07, 6.45) is 3.41. The van der Waals surface area contributed by atoms with Crippen molar-refractivity contribution in [1.82, 2.24) is 10.3 Å². The summed E-state index contributed by atoms with van der Waals surface area (Å²) in [5.41, 5.74) is 2.47. The summed E-state index contributed by atoms with van der Waals surface area (Å²) >= 11 is 0. The van der Waals surface area contributed by atoms with Crippen molar-refractivity contribution < 1.29 is 9.53 Å². The first-order valence-corrected chi connectivity index (χ1v) is 6.56. The Bertz CT molecular complexity index is 548. The normalized spacial score (nSPS) is 12.5. The summed E-state index contributed by atoms with van der Waals surface area (Å²) in [7, 11) is 1.41. The third-order valence-electron chi connectivity index (χ3n) is 3.25. The molecular weight excluding hydrogens is 240 g/mol. The van der Waals surface area contributed by atoms with Gasteiger partial charge in [0, 0.05) is 29.7 Å². The van der Waals surface area contributed by atoms with Crippen LogP contribution in [-0.4, -0.2) is 30.6 Å². The van der Waals surface area contributed by atoms with E-state index in [2.05, 4.69) is 46.4 Å². The third kappa shape index (κ3) is 3.58. The van der Waals surface area contributed by atoms with E-state index < -0.39 is 0 Å². The van der Waals surface area contributed by atoms with Crippen LogP contribution in [-0.2, 0) is 16.0 Å². The minimum absolute atomic E-state index is 0.174. The Kier molecular flexibility index (Phi) is 4.58. The molecule has 4 heteroatoms. The van der Waals surface area contributed by atoms with Gasteiger partial charge in [-0.2, -0.15) is 0 Å². The van der Waals surface area contributed by atoms with Gasteiger partial charge >= 0.3 is 5.97 Å². The molecule has 0 bridgehead atoms. The average Bonchev–Trinajstić information content (AvgIpc) is 2.82. The standard InChI is InChI=1S/C15H20N2O2/c1-11(16-8-7-15(18)19-2)9-12-10-17-14-6-4-3-5-13(12)14/h3-6,10-11,16-17H,7-9H2,1-2H3/t11-/m1/s1. The van der Waals surface area contributed by atoms with Crippen molar-refractivity contribution in [2.75, 3.05) is 13.7 Å². The van der Waals surface area contributed by atoms with Gasteiger partial charge in [-0.05, 0) is 25.0 Å². The number of hydrogen-bond donors (Lipinski definition) is 2. The average molecular weight is 260 g/mol. The predicted molar refractivity (Wildman–Crippen MR) is 76.1 cm³/mol. The molecule has 1 atom stereocenters. The van der Waals surface area contributed by atoms with Gasteiger partial charge in [0.1, 0.15) is 0 Å². The molecule has 2 N–H and O–H groups in total. The molecule has 0 aliphatic rings. The van der Waals surface area contributed by atoms with E-state index in [-0.39, 0.29) is 5.97 Å². The SMILES string of the molecule is COC(=O)CCN[C@H](C)Cc1c[nH]c2ccccc12. The van der Waals surface area contributed by atoms with E-state index in [1.54, 1.807) is 0 Å². The van der Waals surface area contributed by atoms with Crippen LogP contribution in [0.25, 0.3) is 10.9 Å². The highest BCUT2D eigenvalue weighted by atomic mass is 16.5. The first-order valence-electron chi connectivity index (χ1n) is 6.56. The van der Waals surface area contributed by atoms with Crippen LogP contribution in [0.15, 0.2) is 30.5 Å². The van der Waals surface area contributed by atoms with Gasteiger partial charge in [-0.1, -0.05) is 18.2 Å². The fraction of sp³-hybridized carbons (Fsp3) is 0.400. The molecule has 0 amide bonds. The highest BCUT2D eigenvalue weighted by molar-refractivity contribution is 5.83. The molecule has 4 nitrogen and oxygen atoms in total. The molecule has 0 saturated carbocycles. The second-order valence-electron chi connectivity index (χ2n) is 4.74. The molecule has 0 radical (unpaired) electrons. The second kappa shape index (κ2) is 6.38. The summed E-state index contributed by atoms with van der Waals surface area (Å²) in [6.45, 7) is 2.77. The fourth-order valence-electron chi connectivity index (χ4n) is 2.23. The van der Waals surface area contributed by atoms with Crippen molar-refractivity contribution in [3.05, 3.63) is 36.0 Å². The number of aromatic amines is 1. The van der Waals surface area contributed by atoms with Crippen molar-refractivity contribution in [3.8, 4) is 0 Å². The van der Waals surface area contributed by atoms with Crippen LogP contribution >= 0.6 is 0 Å². The predicted octanol–water partition coefficient (Wildman–Crippen LogP) is 2.25. The van der Waals surface area contributed by atoms with E-state index in [0.717, 1.165) is 6.42 Å². The smallest absolute Gasteiger partial charge is 0.306 e. The van der Waals surface area contributed by atoms with E-state index in [9.17, 15) is 4.79 Å². The van der Waals surface area contributed by atoms with Crippen LogP contribution in [0.4, 0.5) is 0 Å². The van der Waals surface area contributed by atoms with Gasteiger partial charge < -0.3 is 15.0 Å². The number of rotatable bonds is 6. The quantitative estimate of drug-likeness (QED) is 0.783. The van der Waals surface area contributed by atoms with Gasteiger partial charge in [0.2, 0.25) is 0 Å². The third-order valence-corrected chi connectivity index (χ3v) is 3.25. The van der Waals surface area contributed by atoms with E-state index in [1.165, 1.54) is 23.6 Å². The number of hydrogen-bond acceptors (Lipinski definition) is 3. The molecule has 0 fully saturated rings. The number of methoxy groups -OCH3 is 1. The van der Waals surface area contributed by atoms with Crippen LogP contribution in [0.1, 0.15) is 18.9 Å². The molecule has 0 saturated heterocycles. The van der Waals surface area contributed by atoms with Gasteiger partial charge in [-0.3, -0.25) is 4.79 Å². The summed E-state index contributed by atoms with van der Waals surface area (Å²) in [5.74, 6) is -0.174. The molecule has 0 unspecified atom stereocenters. The number of esters is 1. The molecule has 2 rings (SSSR count). The Morgan fingerprint density at radius 3 is 3.00 bits per heavy atom. The highest BCUT2D eigenvalue weighted by Crippen LogP contribution is 2.18. The monoisotopic (exact) mass is 260 g/mol. The zero-order valence-corrected chi connectivity index (χ0v) is 11.4. The summed E-state index contributed by atoms with van der Waals surface area (Å²) in [5, 5.41) is 4.60. The zero-order valence-electron chi connectivity index (χ0n) is 11.4. The second-order valence-corrected chi connectivity index (χ2v) is 4.74. The van der Waals surface area contributed by atoms with Gasteiger partial charge in [-0.25, -0.2) is 0 Å². The Morgan fingerprint density at radius 1 is 1.42 bits per heavy atom. The maximum absolute atomic E-state index is 11.0. The lowest BCUT2D eigenvalue weighted by Gasteiger charge is -2.12. The number of fused-ring (bicyclic) bond motifs is 1. The number of carbonyl (C=O) groups is 1. The van der Waals surface area contributed by atoms with Gasteiger partial charge in [0.15, 0.2) is 0 Å². The van der Waals surface area contributed by atoms with E-state index in [1.807, 2.05) is 6.07 Å². The number of H-pyrrole nitrogens is 1. The van der Waals surface area contributed by atoms with Crippen LogP contribution in [0.3, 0.4) is 0 Å². The number of ether oxygens (including phenoxy) is 1. The van der Waals surface area contributed by atoms with E-state index in [4.69, 9.17) is 0 Å². The molecule has 1 aromatic heterocycles. The Hall–Kier alpha value is -1.81. The van der Waals surface area contributed by atoms with Crippen molar-refractivity contribution in [1.29, 1.82) is 0 Å². The van der Waals surface area contributed by atoms with Crippen LogP contribution in [0, 0.1) is 0 Å². The Labute approximate surface area is 113 Å². The van der Waals surface area contributed by atoms with Crippen molar-refractivity contribution in [2.24, 2.45) is 0 Å². The maximum atomic E-state index is 11.0. The maximum Gasteiger partial charge on any atom is 0.306 e. The molecule has 1 aromatic carbocycles. The molecule has 0 aliphatic carbocycles. The molecule has 19 heavy (non-hydrogen) atoms. The van der Waals surface area contributed by atoms with Crippen LogP contribution in [0.2, 0.25) is 0 Å². The van der Waals surface area contributed by atoms with E-state index >= 15 is 0 Å². The lowest BCUT2D eigenvalue weighted by Crippen LogP contribution is -2.30. The number of nitrogens with one attached hydrogen (secondary N) is 2. The summed E-state index contributed by atoms with van der Waals surface area (Å²) < 4.78 is 4.61. The highest BCUT2D eigenvalue weighted by Gasteiger charge is 2.08. The summed E-state index contributed by atoms with van der Waals surface area (Å²) in [4.78, 5) is 14.3. The minimum Gasteiger partial charge on any atom is -0.469 e. The van der Waals surface area contributed by atoms with Crippen molar-refractivity contribution in [3.63, 3.8) is 0 Å². The Morgan fingerprint density at radius 2 is 2.21 bits per heavy atom. The van der Waals surface area contributed by atoms with Crippen molar-refractivity contribution >= 4 is 16.9 Å². The molecule has 102 valence electrons. The lowest BCUT2D eigenvalue weighted by atomic mass is 10.1. The largest absolute Gasteiger partial charge is 0.469 e. The number of benzene rings is 1. The minimum atomic E-state index is -0.174. The Balaban J connectivity index is 1.88. The van der Waals surface area contributed by atoms with Gasteiger partial charge in [0.25, 0.3) is 0 Å². The van der Waals surface area contributed by atoms with Crippen LogP contribution < -0.4 is 5.32 Å². The molecule has 0 aliphatic heterocycles. The number of para-hydroxylation sites is 1. The molecule has 1 heterocycles. The zero-order chi connectivity index (χ0) is 13.7. The number of carbonyl (C=O) groups excluding carboxylic acids is 1. The lowest BCUT2D eigenvalue weighted by molar-refractivity contribution is -0.140. The topological polar surface area (TPSA) is 54.1 Å². The molecule has 0 spiro atoms. The van der Waals surface area contributed by atoms with Crippen LogP contribution in [0.5, 0.6) is 0 Å². The molecule has 2 aromatic rings. The van der Waals surface area contributed by atoms with Gasteiger partial charge in [0.05, 0.1) is 13.5 Å². The molecular formula is C15H20N2O2. The number of aromatic nitrogens is 1. The van der Waals surface area contributed by atoms with Crippen molar-refractivity contribution in [2.45, 2.75) is 25.8 Å².